The second-order valence-corrected chi connectivity index (χ2v) is 7.18. The van der Waals surface area contributed by atoms with Crippen LogP contribution in [-0.2, 0) is 38.1 Å². The van der Waals surface area contributed by atoms with Gasteiger partial charge in [0.05, 0.1) is 6.54 Å². The molecule has 1 aromatic rings. The lowest BCUT2D eigenvalue weighted by molar-refractivity contribution is -0.188. The van der Waals surface area contributed by atoms with Crippen LogP contribution < -0.4 is 5.32 Å². The molecule has 1 N–H and O–H groups in total. The molecule has 10 nitrogen and oxygen atoms in total. The normalized spacial score (nSPS) is 13.2. The number of carbonyl (C=O) groups is 5. The van der Waals surface area contributed by atoms with E-state index >= 15 is 0 Å². The summed E-state index contributed by atoms with van der Waals surface area (Å²) in [5.41, 5.74) is 2.32. The van der Waals surface area contributed by atoms with Crippen LogP contribution in [0.4, 0.5) is 0 Å². The minimum atomic E-state index is -1.35. The molecule has 10 heteroatoms. The molecular formula is C22H29NO9. The Morgan fingerprint density at radius 1 is 0.781 bits per heavy atom. The molecule has 1 aromatic carbocycles. The number of rotatable bonds is 10. The van der Waals surface area contributed by atoms with Gasteiger partial charge in [-0.2, -0.15) is 0 Å². The zero-order chi connectivity index (χ0) is 24.4. The van der Waals surface area contributed by atoms with Crippen LogP contribution in [0, 0.1) is 13.8 Å². The molecule has 0 aliphatic carbocycles. The number of aryl methyl sites for hydroxylation is 2. The largest absolute Gasteiger partial charge is 0.462 e. The number of benzene rings is 1. The summed E-state index contributed by atoms with van der Waals surface area (Å²) in [5, 5.41) is 2.62. The van der Waals surface area contributed by atoms with Crippen LogP contribution in [0.1, 0.15) is 49.2 Å². The summed E-state index contributed by atoms with van der Waals surface area (Å²) < 4.78 is 20.6. The quantitative estimate of drug-likeness (QED) is 0.414. The van der Waals surface area contributed by atoms with Gasteiger partial charge in [-0.05, 0) is 37.1 Å². The first-order valence-corrected chi connectivity index (χ1v) is 9.91. The molecule has 3 unspecified atom stereocenters. The van der Waals surface area contributed by atoms with Crippen LogP contribution in [0.25, 0.3) is 0 Å². The Bertz CT molecular complexity index is 865. The van der Waals surface area contributed by atoms with Crippen molar-refractivity contribution in [3.8, 4) is 0 Å². The maximum atomic E-state index is 12.6. The molecule has 0 aliphatic heterocycles. The van der Waals surface area contributed by atoms with Gasteiger partial charge in [0.1, 0.15) is 6.61 Å². The number of esters is 4. The molecule has 0 aliphatic rings. The summed E-state index contributed by atoms with van der Waals surface area (Å²) in [6.45, 7) is 7.58. The lowest BCUT2D eigenvalue weighted by Gasteiger charge is -2.31. The first-order valence-electron chi connectivity index (χ1n) is 9.91. The van der Waals surface area contributed by atoms with Crippen LogP contribution in [0.3, 0.4) is 0 Å². The van der Waals surface area contributed by atoms with Gasteiger partial charge in [-0.1, -0.05) is 6.07 Å². The van der Waals surface area contributed by atoms with Crippen LogP contribution in [0.5, 0.6) is 0 Å². The highest BCUT2D eigenvalue weighted by atomic mass is 16.6. The van der Waals surface area contributed by atoms with Gasteiger partial charge in [-0.25, -0.2) is 0 Å². The van der Waals surface area contributed by atoms with E-state index in [2.05, 4.69) is 5.32 Å². The van der Waals surface area contributed by atoms with Crippen molar-refractivity contribution in [3.63, 3.8) is 0 Å². The van der Waals surface area contributed by atoms with Crippen molar-refractivity contribution in [1.82, 2.24) is 5.32 Å². The Labute approximate surface area is 186 Å². The minimum Gasteiger partial charge on any atom is -0.462 e. The Morgan fingerprint density at radius 2 is 1.34 bits per heavy atom. The molecule has 32 heavy (non-hydrogen) atoms. The summed E-state index contributed by atoms with van der Waals surface area (Å²) in [7, 11) is 0. The van der Waals surface area contributed by atoms with Gasteiger partial charge in [-0.3, -0.25) is 24.0 Å². The van der Waals surface area contributed by atoms with E-state index < -0.39 is 54.7 Å². The van der Waals surface area contributed by atoms with Gasteiger partial charge in [0.2, 0.25) is 0 Å². The number of ether oxygens (including phenoxy) is 4. The number of hydrogen-bond acceptors (Lipinski definition) is 9. The molecule has 0 heterocycles. The van der Waals surface area contributed by atoms with E-state index in [1.165, 1.54) is 0 Å². The van der Waals surface area contributed by atoms with Crippen LogP contribution in [0.2, 0.25) is 0 Å². The monoisotopic (exact) mass is 451 g/mol. The van der Waals surface area contributed by atoms with Gasteiger partial charge in [0, 0.05) is 33.3 Å². The molecule has 0 radical (unpaired) electrons. The van der Waals surface area contributed by atoms with Gasteiger partial charge < -0.3 is 24.3 Å². The van der Waals surface area contributed by atoms with E-state index in [1.54, 1.807) is 18.2 Å². The fourth-order valence-corrected chi connectivity index (χ4v) is 2.81. The Hall–Kier alpha value is -3.43. The molecule has 176 valence electrons. The average molecular weight is 451 g/mol. The highest BCUT2D eigenvalue weighted by Crippen LogP contribution is 2.16. The van der Waals surface area contributed by atoms with E-state index in [0.717, 1.165) is 38.8 Å². The summed E-state index contributed by atoms with van der Waals surface area (Å²) in [4.78, 5) is 58.8. The van der Waals surface area contributed by atoms with Crippen LogP contribution in [-0.4, -0.2) is 61.2 Å². The SMILES string of the molecule is CC(=O)OCC(OC(C)=O)C(OC(C)=O)C(CNC(=O)c1ccc(C)c(C)c1)OC(C)=O. The lowest BCUT2D eigenvalue weighted by atomic mass is 10.1. The van der Waals surface area contributed by atoms with Crippen molar-refractivity contribution in [1.29, 1.82) is 0 Å². The number of carbonyl (C=O) groups excluding carboxylic acids is 5. The predicted octanol–water partition coefficient (Wildman–Crippen LogP) is 1.39. The first-order chi connectivity index (χ1) is 14.9. The average Bonchev–Trinajstić information content (AvgIpc) is 2.67. The molecule has 0 saturated carbocycles. The summed E-state index contributed by atoms with van der Waals surface area (Å²) >= 11 is 0. The number of hydrogen-bond donors (Lipinski definition) is 1. The number of nitrogens with one attached hydrogen (secondary N) is 1. The maximum absolute atomic E-state index is 12.6. The molecule has 0 fully saturated rings. The highest BCUT2D eigenvalue weighted by molar-refractivity contribution is 5.94. The topological polar surface area (TPSA) is 134 Å². The molecular weight excluding hydrogens is 422 g/mol. The molecule has 0 aromatic heterocycles. The van der Waals surface area contributed by atoms with Gasteiger partial charge in [-0.15, -0.1) is 0 Å². The van der Waals surface area contributed by atoms with Crippen LogP contribution >= 0.6 is 0 Å². The maximum Gasteiger partial charge on any atom is 0.303 e. The molecule has 1 rings (SSSR count). The highest BCUT2D eigenvalue weighted by Gasteiger charge is 2.38. The minimum absolute atomic E-state index is 0.263. The Morgan fingerprint density at radius 3 is 1.84 bits per heavy atom. The molecule has 3 atom stereocenters. The standard InChI is InChI=1S/C22H29NO9/c1-12-7-8-18(9-13(12)2)22(28)23-10-19(30-15(4)25)21(32-17(6)27)20(31-16(5)26)11-29-14(3)24/h7-9,19-21H,10-11H2,1-6H3,(H,23,28). The fraction of sp³-hybridized carbons (Fsp3) is 0.500. The van der Waals surface area contributed by atoms with Crippen molar-refractivity contribution in [2.24, 2.45) is 0 Å². The van der Waals surface area contributed by atoms with Crippen molar-refractivity contribution < 1.29 is 42.9 Å². The fourth-order valence-electron chi connectivity index (χ4n) is 2.81. The zero-order valence-corrected chi connectivity index (χ0v) is 19.1. The third-order valence-corrected chi connectivity index (χ3v) is 4.35. The predicted molar refractivity (Wildman–Crippen MR) is 112 cm³/mol. The van der Waals surface area contributed by atoms with Gasteiger partial charge in [0.15, 0.2) is 18.3 Å². The van der Waals surface area contributed by atoms with E-state index in [1.807, 2.05) is 13.8 Å². The Balaban J connectivity index is 3.14. The van der Waals surface area contributed by atoms with E-state index in [9.17, 15) is 24.0 Å². The van der Waals surface area contributed by atoms with Crippen molar-refractivity contribution in [2.45, 2.75) is 59.9 Å². The lowest BCUT2D eigenvalue weighted by Crippen LogP contribution is -2.51. The molecule has 1 amide bonds. The van der Waals surface area contributed by atoms with E-state index in [4.69, 9.17) is 18.9 Å². The smallest absolute Gasteiger partial charge is 0.303 e. The van der Waals surface area contributed by atoms with Crippen LogP contribution in [0.15, 0.2) is 18.2 Å². The van der Waals surface area contributed by atoms with E-state index in [-0.39, 0.29) is 6.54 Å². The van der Waals surface area contributed by atoms with Crippen molar-refractivity contribution in [2.75, 3.05) is 13.2 Å². The molecule has 0 bridgehead atoms. The first kappa shape index (κ1) is 26.6. The zero-order valence-electron chi connectivity index (χ0n) is 19.1. The summed E-state index contributed by atoms with van der Waals surface area (Å²) in [6.07, 6.45) is -3.85. The van der Waals surface area contributed by atoms with E-state index in [0.29, 0.717) is 5.56 Å². The van der Waals surface area contributed by atoms with Gasteiger partial charge in [0.25, 0.3) is 5.91 Å². The second kappa shape index (κ2) is 12.4. The summed E-state index contributed by atoms with van der Waals surface area (Å²) in [6, 6.07) is 5.15. The van der Waals surface area contributed by atoms with Gasteiger partial charge >= 0.3 is 23.9 Å². The Kier molecular flexibility index (Phi) is 10.3. The van der Waals surface area contributed by atoms with Crippen molar-refractivity contribution in [3.05, 3.63) is 34.9 Å². The second-order valence-electron chi connectivity index (χ2n) is 7.18. The number of amides is 1. The summed E-state index contributed by atoms with van der Waals surface area (Å²) in [5.74, 6) is -3.32. The molecule has 0 saturated heterocycles. The van der Waals surface area contributed by atoms with Crippen molar-refractivity contribution >= 4 is 29.8 Å². The third-order valence-electron chi connectivity index (χ3n) is 4.35. The third kappa shape index (κ3) is 9.15. The molecule has 0 spiro atoms.